The van der Waals surface area contributed by atoms with Gasteiger partial charge < -0.3 is 5.32 Å². The molecule has 4 rings (SSSR count). The molecule has 11 heteroatoms. The number of aromatic nitrogens is 7. The molecule has 0 saturated carbocycles. The second-order valence-corrected chi connectivity index (χ2v) is 6.76. The van der Waals surface area contributed by atoms with Crippen LogP contribution in [0.25, 0.3) is 16.0 Å². The summed E-state index contributed by atoms with van der Waals surface area (Å²) in [5.74, 6) is -0.218. The number of nitrogens with one attached hydrogen (secondary N) is 1. The monoisotopic (exact) mass is 384 g/mol. The standard InChI is InChI=1S/C16H16N8O2S/c1-11(23-13-6-3-2-5-12(13)18-19-23)15(25)17-8-9-22-16(26)24(21-20-22)14-7-4-10-27-14/h2-7,10-11H,8-9H2,1H3,(H,17,25)/t11-/m0/s1. The zero-order valence-electron chi connectivity index (χ0n) is 14.4. The first-order valence-corrected chi connectivity index (χ1v) is 9.17. The van der Waals surface area contributed by atoms with Crippen LogP contribution < -0.4 is 11.0 Å². The molecule has 138 valence electrons. The lowest BCUT2D eigenvalue weighted by Gasteiger charge is -2.12. The molecular weight excluding hydrogens is 368 g/mol. The molecule has 27 heavy (non-hydrogen) atoms. The minimum atomic E-state index is -0.532. The zero-order chi connectivity index (χ0) is 18.8. The van der Waals surface area contributed by atoms with Gasteiger partial charge in [0.1, 0.15) is 16.6 Å². The maximum absolute atomic E-state index is 12.4. The number of benzene rings is 1. The highest BCUT2D eigenvalue weighted by Gasteiger charge is 2.18. The maximum atomic E-state index is 12.4. The Bertz CT molecular complexity index is 1130. The molecule has 0 aliphatic rings. The van der Waals surface area contributed by atoms with E-state index in [1.807, 2.05) is 35.7 Å². The van der Waals surface area contributed by atoms with Gasteiger partial charge >= 0.3 is 5.69 Å². The fraction of sp³-hybridized carbons (Fsp3) is 0.250. The van der Waals surface area contributed by atoms with Crippen molar-refractivity contribution in [2.45, 2.75) is 19.5 Å². The number of hydrogen-bond acceptors (Lipinski definition) is 7. The summed E-state index contributed by atoms with van der Waals surface area (Å²) in [6.07, 6.45) is 0. The number of amides is 1. The molecular formula is C16H16N8O2S. The Hall–Kier alpha value is -3.34. The molecule has 0 spiro atoms. The van der Waals surface area contributed by atoms with Crippen LogP contribution in [0, 0.1) is 0 Å². The number of para-hydroxylation sites is 1. The molecule has 0 saturated heterocycles. The normalized spacial score (nSPS) is 12.3. The van der Waals surface area contributed by atoms with Crippen LogP contribution in [0.4, 0.5) is 0 Å². The highest BCUT2D eigenvalue weighted by molar-refractivity contribution is 7.12. The number of fused-ring (bicyclic) bond motifs is 1. The number of tetrazole rings is 1. The van der Waals surface area contributed by atoms with E-state index in [4.69, 9.17) is 0 Å². The van der Waals surface area contributed by atoms with Crippen molar-refractivity contribution in [1.82, 2.24) is 40.1 Å². The van der Waals surface area contributed by atoms with Crippen molar-refractivity contribution in [3.05, 3.63) is 52.3 Å². The first-order valence-electron chi connectivity index (χ1n) is 8.29. The Morgan fingerprint density at radius 3 is 2.85 bits per heavy atom. The van der Waals surface area contributed by atoms with Gasteiger partial charge in [0.2, 0.25) is 5.91 Å². The van der Waals surface area contributed by atoms with Gasteiger partial charge in [-0.05, 0) is 47.0 Å². The van der Waals surface area contributed by atoms with Gasteiger partial charge in [0.25, 0.3) is 0 Å². The van der Waals surface area contributed by atoms with Crippen molar-refractivity contribution < 1.29 is 4.79 Å². The summed E-state index contributed by atoms with van der Waals surface area (Å²) in [4.78, 5) is 24.7. The molecule has 1 aromatic carbocycles. The van der Waals surface area contributed by atoms with Crippen LogP contribution in [-0.4, -0.2) is 47.2 Å². The topological polar surface area (TPSA) is 113 Å². The average molecular weight is 384 g/mol. The largest absolute Gasteiger partial charge is 0.369 e. The van der Waals surface area contributed by atoms with Crippen LogP contribution >= 0.6 is 11.3 Å². The number of carbonyl (C=O) groups is 1. The number of thiophene rings is 1. The van der Waals surface area contributed by atoms with Crippen LogP contribution in [0.1, 0.15) is 13.0 Å². The molecule has 0 radical (unpaired) electrons. The zero-order valence-corrected chi connectivity index (χ0v) is 15.2. The van der Waals surface area contributed by atoms with E-state index in [-0.39, 0.29) is 24.7 Å². The van der Waals surface area contributed by atoms with Crippen LogP contribution in [0.5, 0.6) is 0 Å². The Labute approximate surface area is 157 Å². The first kappa shape index (κ1) is 17.1. The Balaban J connectivity index is 1.39. The summed E-state index contributed by atoms with van der Waals surface area (Å²) >= 11 is 1.40. The van der Waals surface area contributed by atoms with Gasteiger partial charge in [-0.25, -0.2) is 9.48 Å². The van der Waals surface area contributed by atoms with Crippen molar-refractivity contribution >= 4 is 28.3 Å². The van der Waals surface area contributed by atoms with Gasteiger partial charge in [0.15, 0.2) is 0 Å². The van der Waals surface area contributed by atoms with Crippen LogP contribution in [0.2, 0.25) is 0 Å². The summed E-state index contributed by atoms with van der Waals surface area (Å²) in [5, 5.41) is 21.2. The predicted molar refractivity (Wildman–Crippen MR) is 98.7 cm³/mol. The van der Waals surface area contributed by atoms with Gasteiger partial charge in [-0.2, -0.15) is 9.36 Å². The van der Waals surface area contributed by atoms with Gasteiger partial charge in [0.05, 0.1) is 12.1 Å². The Morgan fingerprint density at radius 2 is 2.04 bits per heavy atom. The smallest absolute Gasteiger partial charge is 0.352 e. The van der Waals surface area contributed by atoms with E-state index in [2.05, 4.69) is 26.1 Å². The average Bonchev–Trinajstić information content (AvgIpc) is 3.41. The molecule has 0 aliphatic carbocycles. The Morgan fingerprint density at radius 1 is 1.19 bits per heavy atom. The van der Waals surface area contributed by atoms with E-state index in [9.17, 15) is 9.59 Å². The molecule has 0 unspecified atom stereocenters. The van der Waals surface area contributed by atoms with Gasteiger partial charge in [-0.3, -0.25) is 4.79 Å². The minimum absolute atomic E-state index is 0.218. The molecule has 4 aromatic rings. The molecule has 0 aliphatic heterocycles. The molecule has 0 fully saturated rings. The third kappa shape index (κ3) is 3.24. The summed E-state index contributed by atoms with van der Waals surface area (Å²) < 4.78 is 4.02. The number of rotatable bonds is 6. The van der Waals surface area contributed by atoms with Gasteiger partial charge in [0, 0.05) is 6.54 Å². The molecule has 3 aromatic heterocycles. The number of carbonyl (C=O) groups excluding carboxylic acids is 1. The van der Waals surface area contributed by atoms with E-state index in [0.29, 0.717) is 5.00 Å². The fourth-order valence-electron chi connectivity index (χ4n) is 2.66. The predicted octanol–water partition coefficient (Wildman–Crippen LogP) is 0.613. The molecule has 1 N–H and O–H groups in total. The van der Waals surface area contributed by atoms with Crippen LogP contribution in [0.3, 0.4) is 0 Å². The molecule has 1 atom stereocenters. The van der Waals surface area contributed by atoms with Gasteiger partial charge in [-0.15, -0.1) is 16.4 Å². The van der Waals surface area contributed by atoms with E-state index >= 15 is 0 Å². The van der Waals surface area contributed by atoms with Gasteiger partial charge in [-0.1, -0.05) is 17.3 Å². The van der Waals surface area contributed by atoms with Crippen molar-refractivity contribution in [2.75, 3.05) is 6.54 Å². The Kier molecular flexibility index (Phi) is 4.50. The van der Waals surface area contributed by atoms with E-state index in [0.717, 1.165) is 11.0 Å². The van der Waals surface area contributed by atoms with Crippen LogP contribution in [0.15, 0.2) is 46.6 Å². The van der Waals surface area contributed by atoms with Crippen molar-refractivity contribution in [3.63, 3.8) is 0 Å². The number of hydrogen-bond donors (Lipinski definition) is 1. The molecule has 1 amide bonds. The maximum Gasteiger partial charge on any atom is 0.369 e. The van der Waals surface area contributed by atoms with E-state index < -0.39 is 6.04 Å². The lowest BCUT2D eigenvalue weighted by molar-refractivity contribution is -0.124. The first-order chi connectivity index (χ1) is 13.1. The summed E-state index contributed by atoms with van der Waals surface area (Å²) in [6, 6.07) is 10.5. The van der Waals surface area contributed by atoms with Crippen molar-refractivity contribution in [2.24, 2.45) is 0 Å². The van der Waals surface area contributed by atoms with Crippen LogP contribution in [-0.2, 0) is 11.3 Å². The number of nitrogens with zero attached hydrogens (tertiary/aromatic N) is 7. The summed E-state index contributed by atoms with van der Waals surface area (Å²) in [7, 11) is 0. The second-order valence-electron chi connectivity index (χ2n) is 5.84. The highest BCUT2D eigenvalue weighted by Crippen LogP contribution is 2.15. The minimum Gasteiger partial charge on any atom is -0.352 e. The summed E-state index contributed by atoms with van der Waals surface area (Å²) in [6.45, 7) is 2.22. The molecule has 10 nitrogen and oxygen atoms in total. The molecule has 0 bridgehead atoms. The third-order valence-corrected chi connectivity index (χ3v) is 4.94. The van der Waals surface area contributed by atoms with Crippen molar-refractivity contribution in [1.29, 1.82) is 0 Å². The second kappa shape index (κ2) is 7.11. The SMILES string of the molecule is C[C@@H](C(=O)NCCn1nnn(-c2cccs2)c1=O)n1nnc2ccccc21. The lowest BCUT2D eigenvalue weighted by atomic mass is 10.2. The quantitative estimate of drug-likeness (QED) is 0.521. The third-order valence-electron chi connectivity index (χ3n) is 4.10. The summed E-state index contributed by atoms with van der Waals surface area (Å²) in [5.41, 5.74) is 1.17. The van der Waals surface area contributed by atoms with E-state index in [1.165, 1.54) is 20.7 Å². The lowest BCUT2D eigenvalue weighted by Crippen LogP contribution is -2.35. The molecule has 3 heterocycles. The highest BCUT2D eigenvalue weighted by atomic mass is 32.1. The fourth-order valence-corrected chi connectivity index (χ4v) is 3.33. The van der Waals surface area contributed by atoms with E-state index in [1.54, 1.807) is 17.7 Å². The van der Waals surface area contributed by atoms with Crippen molar-refractivity contribution in [3.8, 4) is 5.00 Å².